The van der Waals surface area contributed by atoms with Crippen LogP contribution in [0.4, 0.5) is 0 Å². The molecule has 1 saturated heterocycles. The number of amides is 1. The molecule has 2 aromatic carbocycles. The highest BCUT2D eigenvalue weighted by Crippen LogP contribution is 2.20. The highest BCUT2D eigenvalue weighted by molar-refractivity contribution is 7.07. The lowest BCUT2D eigenvalue weighted by molar-refractivity contribution is -0.128. The van der Waals surface area contributed by atoms with Gasteiger partial charge in [0.2, 0.25) is 0 Å². The molecule has 0 atom stereocenters. The number of carbonyl (C=O) groups is 1. The second-order valence-electron chi connectivity index (χ2n) is 7.14. The quantitative estimate of drug-likeness (QED) is 0.568. The van der Waals surface area contributed by atoms with E-state index >= 15 is 0 Å². The number of hydrogen-bond acceptors (Lipinski definition) is 6. The van der Waals surface area contributed by atoms with E-state index in [1.807, 2.05) is 12.1 Å². The SMILES string of the molecule is COc1ccccc1-n1c(=O)/c(=C\c2ccccc2Cl)s/c1=C(/C#N)C(=O)N1CCOCC1. The zero-order valence-electron chi connectivity index (χ0n) is 17.8. The molecule has 168 valence electrons. The van der Waals surface area contributed by atoms with Crippen molar-refractivity contribution in [1.29, 1.82) is 5.26 Å². The molecular weight excluding hydrogens is 462 g/mol. The molecule has 9 heteroatoms. The van der Waals surface area contributed by atoms with Crippen LogP contribution in [0.15, 0.2) is 53.3 Å². The normalized spacial score (nSPS) is 15.2. The Kier molecular flexibility index (Phi) is 6.94. The van der Waals surface area contributed by atoms with Crippen LogP contribution in [0.25, 0.3) is 17.3 Å². The van der Waals surface area contributed by atoms with Crippen molar-refractivity contribution < 1.29 is 14.3 Å². The number of nitrogens with zero attached hydrogens (tertiary/aromatic N) is 3. The number of carbonyl (C=O) groups excluding carboxylic acids is 1. The van der Waals surface area contributed by atoms with Gasteiger partial charge in [-0.2, -0.15) is 5.26 Å². The molecule has 0 aliphatic carbocycles. The number of thiazole rings is 1. The van der Waals surface area contributed by atoms with Crippen LogP contribution in [0, 0.1) is 11.3 Å². The zero-order chi connectivity index (χ0) is 23.4. The molecule has 4 rings (SSSR count). The first-order valence-electron chi connectivity index (χ1n) is 10.2. The largest absolute Gasteiger partial charge is 0.495 e. The van der Waals surface area contributed by atoms with Crippen LogP contribution in [0.5, 0.6) is 5.75 Å². The molecule has 1 amide bonds. The summed E-state index contributed by atoms with van der Waals surface area (Å²) in [5, 5.41) is 10.5. The molecule has 7 nitrogen and oxygen atoms in total. The summed E-state index contributed by atoms with van der Waals surface area (Å²) in [5.41, 5.74) is 0.623. The Hall–Kier alpha value is -3.38. The lowest BCUT2D eigenvalue weighted by atomic mass is 10.2. The second kappa shape index (κ2) is 10.0. The fraction of sp³-hybridized carbons (Fsp3) is 0.208. The van der Waals surface area contributed by atoms with Gasteiger partial charge in [0.25, 0.3) is 11.5 Å². The van der Waals surface area contributed by atoms with Crippen LogP contribution < -0.4 is 19.5 Å². The summed E-state index contributed by atoms with van der Waals surface area (Å²) in [4.78, 5) is 28.4. The number of morpholine rings is 1. The molecule has 1 aliphatic rings. The number of hydrogen-bond donors (Lipinski definition) is 0. The third-order valence-electron chi connectivity index (χ3n) is 5.18. The van der Waals surface area contributed by atoms with Crippen molar-refractivity contribution in [3.05, 3.63) is 78.7 Å². The summed E-state index contributed by atoms with van der Waals surface area (Å²) in [7, 11) is 1.50. The molecule has 0 spiro atoms. The summed E-state index contributed by atoms with van der Waals surface area (Å²) >= 11 is 7.37. The van der Waals surface area contributed by atoms with Crippen molar-refractivity contribution in [2.24, 2.45) is 0 Å². The van der Waals surface area contributed by atoms with Crippen LogP contribution in [0.3, 0.4) is 0 Å². The van der Waals surface area contributed by atoms with Gasteiger partial charge in [0.1, 0.15) is 16.5 Å². The number of rotatable bonds is 4. The molecule has 0 bridgehead atoms. The minimum absolute atomic E-state index is 0.108. The third kappa shape index (κ3) is 4.57. The molecule has 1 fully saturated rings. The van der Waals surface area contributed by atoms with Crippen LogP contribution in [0.1, 0.15) is 5.56 Å². The maximum absolute atomic E-state index is 13.6. The van der Waals surface area contributed by atoms with Crippen LogP contribution >= 0.6 is 22.9 Å². The molecule has 0 N–H and O–H groups in total. The number of aromatic nitrogens is 1. The molecule has 1 aromatic heterocycles. The molecule has 33 heavy (non-hydrogen) atoms. The summed E-state index contributed by atoms with van der Waals surface area (Å²) in [6.07, 6.45) is 1.67. The molecule has 1 aliphatic heterocycles. The molecule has 0 radical (unpaired) electrons. The van der Waals surface area contributed by atoms with Crippen molar-refractivity contribution in [3.8, 4) is 17.5 Å². The van der Waals surface area contributed by atoms with Crippen LogP contribution in [-0.4, -0.2) is 48.8 Å². The van der Waals surface area contributed by atoms with Crippen molar-refractivity contribution in [1.82, 2.24) is 9.47 Å². The average molecular weight is 482 g/mol. The first kappa shape index (κ1) is 22.8. The van der Waals surface area contributed by atoms with Crippen LogP contribution in [-0.2, 0) is 9.53 Å². The molecule has 0 unspecified atom stereocenters. The fourth-order valence-electron chi connectivity index (χ4n) is 3.53. The Bertz CT molecular complexity index is 1410. The van der Waals surface area contributed by atoms with E-state index in [0.717, 1.165) is 11.3 Å². The van der Waals surface area contributed by atoms with E-state index in [9.17, 15) is 14.9 Å². The van der Waals surface area contributed by atoms with Crippen LogP contribution in [0.2, 0.25) is 5.02 Å². The van der Waals surface area contributed by atoms with Crippen molar-refractivity contribution >= 4 is 40.5 Å². The first-order valence-corrected chi connectivity index (χ1v) is 11.4. The summed E-state index contributed by atoms with van der Waals surface area (Å²) < 4.78 is 12.7. The van der Waals surface area contributed by atoms with Gasteiger partial charge < -0.3 is 14.4 Å². The Morgan fingerprint density at radius 1 is 1.18 bits per heavy atom. The number of ether oxygens (including phenoxy) is 2. The third-order valence-corrected chi connectivity index (χ3v) is 6.62. The van der Waals surface area contributed by atoms with E-state index in [1.54, 1.807) is 53.4 Å². The summed E-state index contributed by atoms with van der Waals surface area (Å²) in [5.74, 6) is 0.00838. The maximum atomic E-state index is 13.6. The van der Waals surface area contributed by atoms with Gasteiger partial charge in [0, 0.05) is 18.1 Å². The van der Waals surface area contributed by atoms with Crippen molar-refractivity contribution in [3.63, 3.8) is 0 Å². The van der Waals surface area contributed by atoms with E-state index in [4.69, 9.17) is 21.1 Å². The van der Waals surface area contributed by atoms with E-state index in [-0.39, 0.29) is 15.8 Å². The smallest absolute Gasteiger partial charge is 0.273 e. The Morgan fingerprint density at radius 3 is 2.58 bits per heavy atom. The molecule has 3 aromatic rings. The predicted octanol–water partition coefficient (Wildman–Crippen LogP) is 1.92. The lowest BCUT2D eigenvalue weighted by Gasteiger charge is -2.26. The Balaban J connectivity index is 2.04. The van der Waals surface area contributed by atoms with Gasteiger partial charge in [-0.1, -0.05) is 41.9 Å². The summed E-state index contributed by atoms with van der Waals surface area (Å²) in [6.45, 7) is 1.57. The monoisotopic (exact) mass is 481 g/mol. The Morgan fingerprint density at radius 2 is 1.88 bits per heavy atom. The van der Waals surface area contributed by atoms with E-state index < -0.39 is 5.91 Å². The van der Waals surface area contributed by atoms with Gasteiger partial charge >= 0.3 is 0 Å². The highest BCUT2D eigenvalue weighted by atomic mass is 35.5. The standard InChI is InChI=1S/C24H20ClN3O4S/c1-31-20-9-5-4-8-19(20)28-23(30)21(14-16-6-2-3-7-18(16)25)33-24(28)17(15-26)22(29)27-10-12-32-13-11-27/h2-9,14H,10-13H2,1H3/b21-14+,24-17-. The summed E-state index contributed by atoms with van der Waals surface area (Å²) in [6, 6.07) is 16.2. The van der Waals surface area contributed by atoms with Gasteiger partial charge in [0.15, 0.2) is 5.57 Å². The highest BCUT2D eigenvalue weighted by Gasteiger charge is 2.24. The minimum atomic E-state index is -0.435. The molecule has 2 heterocycles. The number of methoxy groups -OCH3 is 1. The van der Waals surface area contributed by atoms with Gasteiger partial charge in [-0.3, -0.25) is 14.2 Å². The van der Waals surface area contributed by atoms with Gasteiger partial charge in [-0.15, -0.1) is 11.3 Å². The second-order valence-corrected chi connectivity index (χ2v) is 8.58. The van der Waals surface area contributed by atoms with E-state index in [0.29, 0.717) is 52.9 Å². The number of nitriles is 1. The number of benzene rings is 2. The molecule has 0 saturated carbocycles. The predicted molar refractivity (Wildman–Crippen MR) is 127 cm³/mol. The average Bonchev–Trinajstić information content (AvgIpc) is 3.16. The minimum Gasteiger partial charge on any atom is -0.495 e. The Labute approximate surface area is 199 Å². The van der Waals surface area contributed by atoms with Gasteiger partial charge in [0.05, 0.1) is 30.5 Å². The fourth-order valence-corrected chi connectivity index (χ4v) is 4.80. The first-order chi connectivity index (χ1) is 16.0. The topological polar surface area (TPSA) is 84.6 Å². The maximum Gasteiger partial charge on any atom is 0.273 e. The van der Waals surface area contributed by atoms with Crippen molar-refractivity contribution in [2.75, 3.05) is 33.4 Å². The van der Waals surface area contributed by atoms with E-state index in [1.165, 1.54) is 11.7 Å². The number of halogens is 1. The van der Waals surface area contributed by atoms with Gasteiger partial charge in [-0.25, -0.2) is 0 Å². The zero-order valence-corrected chi connectivity index (χ0v) is 19.4. The van der Waals surface area contributed by atoms with Gasteiger partial charge in [-0.05, 0) is 29.8 Å². The van der Waals surface area contributed by atoms with E-state index in [2.05, 4.69) is 0 Å². The van der Waals surface area contributed by atoms with Crippen molar-refractivity contribution in [2.45, 2.75) is 0 Å². The number of para-hydroxylation sites is 2. The lowest BCUT2D eigenvalue weighted by Crippen LogP contribution is -2.42. The molecular formula is C24H20ClN3O4S.